The van der Waals surface area contributed by atoms with Crippen molar-refractivity contribution in [1.82, 2.24) is 4.98 Å². The van der Waals surface area contributed by atoms with Crippen LogP contribution in [0.2, 0.25) is 0 Å². The van der Waals surface area contributed by atoms with E-state index < -0.39 is 9.84 Å². The smallest absolute Gasteiger partial charge is 0.214 e. The third-order valence-electron chi connectivity index (χ3n) is 5.29. The summed E-state index contributed by atoms with van der Waals surface area (Å²) >= 11 is 0. The average Bonchev–Trinajstić information content (AvgIpc) is 3.12. The van der Waals surface area contributed by atoms with E-state index in [1.165, 1.54) is 6.20 Å². The number of aliphatic imine (C=N–C) groups is 1. The van der Waals surface area contributed by atoms with Crippen molar-refractivity contribution in [1.29, 1.82) is 0 Å². The molecule has 1 aliphatic heterocycles. The van der Waals surface area contributed by atoms with Crippen LogP contribution in [0.5, 0.6) is 0 Å². The number of nitrogens with zero attached hydrogens (tertiary/aromatic N) is 2. The summed E-state index contributed by atoms with van der Waals surface area (Å²) in [6.07, 6.45) is 3.14. The van der Waals surface area contributed by atoms with Gasteiger partial charge < -0.3 is 0 Å². The number of aryl methyl sites for hydroxylation is 1. The molecule has 166 valence electrons. The first kappa shape index (κ1) is 22.5. The number of hydrogen-bond acceptors (Lipinski definition) is 6. The summed E-state index contributed by atoms with van der Waals surface area (Å²) in [6, 6.07) is 18.5. The van der Waals surface area contributed by atoms with Crippen LogP contribution < -0.4 is 0 Å². The average molecular weight is 459 g/mol. The van der Waals surface area contributed by atoms with E-state index in [0.29, 0.717) is 17.5 Å². The summed E-state index contributed by atoms with van der Waals surface area (Å²) in [5.74, 6) is -0.695. The summed E-state index contributed by atoms with van der Waals surface area (Å²) in [7, 11) is -3.53. The molecule has 7 heteroatoms. The Bertz CT molecular complexity index is 1390. The molecule has 1 aliphatic rings. The van der Waals surface area contributed by atoms with Gasteiger partial charge in [-0.1, -0.05) is 36.4 Å². The Labute approximate surface area is 192 Å². The van der Waals surface area contributed by atoms with Crippen molar-refractivity contribution in [3.05, 3.63) is 112 Å². The summed E-state index contributed by atoms with van der Waals surface area (Å²) in [6.45, 7) is 1.86. The Morgan fingerprint density at radius 2 is 1.58 bits per heavy atom. The zero-order chi connectivity index (χ0) is 23.4. The lowest BCUT2D eigenvalue weighted by atomic mass is 9.95. The second-order valence-electron chi connectivity index (χ2n) is 7.97. The number of pyridine rings is 1. The minimum absolute atomic E-state index is 0.0396. The number of sulfone groups is 1. The van der Waals surface area contributed by atoms with Gasteiger partial charge in [0.25, 0.3) is 0 Å². The lowest BCUT2D eigenvalue weighted by Crippen LogP contribution is -2.14. The van der Waals surface area contributed by atoms with Crippen LogP contribution in [0, 0.1) is 6.92 Å². The van der Waals surface area contributed by atoms with Crippen LogP contribution >= 0.6 is 0 Å². The molecule has 0 unspecified atom stereocenters. The first-order valence-electron chi connectivity index (χ1n) is 10.4. The third kappa shape index (κ3) is 5.56. The molecule has 0 radical (unpaired) electrons. The molecule has 0 saturated carbocycles. The zero-order valence-electron chi connectivity index (χ0n) is 18.1. The van der Waals surface area contributed by atoms with E-state index in [1.54, 1.807) is 30.5 Å². The van der Waals surface area contributed by atoms with E-state index >= 15 is 0 Å². The van der Waals surface area contributed by atoms with Crippen LogP contribution in [-0.4, -0.2) is 30.0 Å². The monoisotopic (exact) mass is 458 g/mol. The quantitative estimate of drug-likeness (QED) is 0.371. The first-order valence-corrected chi connectivity index (χ1v) is 12.0. The van der Waals surface area contributed by atoms with Crippen molar-refractivity contribution in [3.8, 4) is 0 Å². The van der Waals surface area contributed by atoms with Crippen molar-refractivity contribution in [2.24, 2.45) is 4.99 Å². The summed E-state index contributed by atoms with van der Waals surface area (Å²) < 4.78 is 24.3. The SMILES string of the molecule is Cc1ccnc(C(=O)CC(=O)c2cc(CC3=NC=CS3(=O)=O)cc(Cc3ccccc3)c2)c1. The predicted octanol–water partition coefficient (Wildman–Crippen LogP) is 4.28. The van der Waals surface area contributed by atoms with Crippen molar-refractivity contribution in [3.63, 3.8) is 0 Å². The van der Waals surface area contributed by atoms with Crippen molar-refractivity contribution >= 4 is 26.4 Å². The minimum Gasteiger partial charge on any atom is -0.294 e. The van der Waals surface area contributed by atoms with Crippen LogP contribution in [0.25, 0.3) is 0 Å². The maximum Gasteiger partial charge on any atom is 0.214 e. The normalized spacial score (nSPS) is 14.2. The molecule has 0 aliphatic carbocycles. The number of aromatic nitrogens is 1. The van der Waals surface area contributed by atoms with Gasteiger partial charge in [0.1, 0.15) is 10.7 Å². The highest BCUT2D eigenvalue weighted by Gasteiger charge is 2.22. The molecule has 2 aromatic carbocycles. The number of carbonyl (C=O) groups is 2. The second-order valence-corrected chi connectivity index (χ2v) is 9.81. The Kier molecular flexibility index (Phi) is 6.42. The van der Waals surface area contributed by atoms with Gasteiger partial charge in [-0.2, -0.15) is 0 Å². The topological polar surface area (TPSA) is 93.5 Å². The molecular formula is C26H22N2O4S. The van der Waals surface area contributed by atoms with Gasteiger partial charge in [0.05, 0.1) is 11.8 Å². The predicted molar refractivity (Wildman–Crippen MR) is 127 cm³/mol. The van der Waals surface area contributed by atoms with Crippen molar-refractivity contribution in [2.75, 3.05) is 0 Å². The van der Waals surface area contributed by atoms with Crippen LogP contribution in [0.1, 0.15) is 49.5 Å². The van der Waals surface area contributed by atoms with Gasteiger partial charge in [0, 0.05) is 24.4 Å². The van der Waals surface area contributed by atoms with Gasteiger partial charge in [-0.15, -0.1) is 0 Å². The Morgan fingerprint density at radius 1 is 0.848 bits per heavy atom. The fourth-order valence-electron chi connectivity index (χ4n) is 3.65. The number of rotatable bonds is 8. The standard InChI is InChI=1S/C26H22N2O4S/c1-18-7-8-27-23(11-18)25(30)17-24(29)22-14-20(12-19-5-3-2-4-6-19)13-21(15-22)16-26-28-9-10-33(26,31)32/h2-11,13-15H,12,16-17H2,1H3. The number of Topliss-reactive ketones (excluding diaryl/α,β-unsaturated/α-hetero) is 2. The molecule has 0 fully saturated rings. The number of carbonyl (C=O) groups excluding carboxylic acids is 2. The Balaban J connectivity index is 1.63. The van der Waals surface area contributed by atoms with Crippen LogP contribution in [-0.2, 0) is 22.7 Å². The Morgan fingerprint density at radius 3 is 2.24 bits per heavy atom. The number of hydrogen-bond donors (Lipinski definition) is 0. The molecule has 0 N–H and O–H groups in total. The van der Waals surface area contributed by atoms with E-state index in [-0.39, 0.29) is 35.1 Å². The lowest BCUT2D eigenvalue weighted by Gasteiger charge is -2.10. The van der Waals surface area contributed by atoms with E-state index in [0.717, 1.165) is 22.1 Å². The molecule has 0 spiro atoms. The van der Waals surface area contributed by atoms with Crippen molar-refractivity contribution in [2.45, 2.75) is 26.2 Å². The van der Waals surface area contributed by atoms with Gasteiger partial charge in [-0.3, -0.25) is 14.6 Å². The highest BCUT2D eigenvalue weighted by Crippen LogP contribution is 2.20. The number of benzene rings is 2. The summed E-state index contributed by atoms with van der Waals surface area (Å²) in [5.41, 5.74) is 4.07. The fraction of sp³-hybridized carbons (Fsp3) is 0.154. The summed E-state index contributed by atoms with van der Waals surface area (Å²) in [5, 5.41) is 1.10. The van der Waals surface area contributed by atoms with Crippen LogP contribution in [0.3, 0.4) is 0 Å². The Hall–Kier alpha value is -3.71. The van der Waals surface area contributed by atoms with E-state index in [4.69, 9.17) is 0 Å². The zero-order valence-corrected chi connectivity index (χ0v) is 18.9. The van der Waals surface area contributed by atoms with Crippen molar-refractivity contribution < 1.29 is 18.0 Å². The molecular weight excluding hydrogens is 436 g/mol. The van der Waals surface area contributed by atoms with Gasteiger partial charge in [-0.25, -0.2) is 13.4 Å². The molecule has 0 bridgehead atoms. The minimum atomic E-state index is -3.53. The molecule has 0 atom stereocenters. The molecule has 0 saturated heterocycles. The van der Waals surface area contributed by atoms with E-state index in [1.807, 2.05) is 43.3 Å². The van der Waals surface area contributed by atoms with E-state index in [2.05, 4.69) is 9.98 Å². The van der Waals surface area contributed by atoms with Crippen LogP contribution in [0.15, 0.2) is 83.5 Å². The fourth-order valence-corrected chi connectivity index (χ4v) is 4.61. The first-order chi connectivity index (χ1) is 15.8. The van der Waals surface area contributed by atoms with Gasteiger partial charge >= 0.3 is 0 Å². The van der Waals surface area contributed by atoms with E-state index in [9.17, 15) is 18.0 Å². The maximum atomic E-state index is 13.0. The van der Waals surface area contributed by atoms with Gasteiger partial charge in [-0.05, 0) is 59.9 Å². The molecule has 4 rings (SSSR count). The largest absolute Gasteiger partial charge is 0.294 e. The van der Waals surface area contributed by atoms with Crippen LogP contribution in [0.4, 0.5) is 0 Å². The molecule has 0 amide bonds. The van der Waals surface area contributed by atoms with Gasteiger partial charge in [0.2, 0.25) is 9.84 Å². The molecule has 6 nitrogen and oxygen atoms in total. The molecule has 33 heavy (non-hydrogen) atoms. The summed E-state index contributed by atoms with van der Waals surface area (Å²) in [4.78, 5) is 33.7. The lowest BCUT2D eigenvalue weighted by molar-refractivity contribution is 0.0891. The van der Waals surface area contributed by atoms with Gasteiger partial charge in [0.15, 0.2) is 11.6 Å². The number of ketones is 2. The maximum absolute atomic E-state index is 13.0. The molecule has 3 aromatic rings. The highest BCUT2D eigenvalue weighted by molar-refractivity contribution is 8.09. The third-order valence-corrected chi connectivity index (χ3v) is 6.68. The molecule has 1 aromatic heterocycles. The second kappa shape index (κ2) is 9.42. The highest BCUT2D eigenvalue weighted by atomic mass is 32.2. The molecule has 2 heterocycles.